The lowest BCUT2D eigenvalue weighted by Crippen LogP contribution is -2.37. The van der Waals surface area contributed by atoms with Crippen molar-refractivity contribution in [3.8, 4) is 5.75 Å². The molecule has 2 N–H and O–H groups in total. The Hall–Kier alpha value is -0.940. The maximum Gasteiger partial charge on any atom is 0.314 e. The predicted molar refractivity (Wildman–Crippen MR) is 90.1 cm³/mol. The summed E-state index contributed by atoms with van der Waals surface area (Å²) in [5.74, 6) is 1.25. The van der Waals surface area contributed by atoms with E-state index in [2.05, 4.69) is 40.4 Å². The van der Waals surface area contributed by atoms with Crippen molar-refractivity contribution >= 4 is 33.6 Å². The summed E-state index contributed by atoms with van der Waals surface area (Å²) in [4.78, 5) is 11.5. The fourth-order valence-electron chi connectivity index (χ4n) is 1.59. The molecular weight excluding hydrogens is 356 g/mol. The average Bonchev–Trinajstić information content (AvgIpc) is 2.40. The van der Waals surface area contributed by atoms with Gasteiger partial charge in [0.15, 0.2) is 0 Å². The third kappa shape index (κ3) is 8.17. The standard InChI is InChI=1S/C15H22BrClN2O2/c1-11(2)6-8-19-15(20)18-7-3-9-21-14-5-4-12(16)10-13(14)17/h4-5,10-11H,3,6-9H2,1-2H3,(H2,18,19,20). The Morgan fingerprint density at radius 3 is 2.71 bits per heavy atom. The first kappa shape index (κ1) is 18.1. The molecule has 0 unspecified atom stereocenters. The van der Waals surface area contributed by atoms with E-state index >= 15 is 0 Å². The number of carbonyl (C=O) groups is 1. The largest absolute Gasteiger partial charge is 0.492 e. The maximum atomic E-state index is 11.5. The van der Waals surface area contributed by atoms with E-state index in [0.29, 0.717) is 36.4 Å². The minimum absolute atomic E-state index is 0.127. The highest BCUT2D eigenvalue weighted by Crippen LogP contribution is 2.27. The molecule has 118 valence electrons. The molecule has 0 saturated carbocycles. The summed E-state index contributed by atoms with van der Waals surface area (Å²) >= 11 is 9.38. The number of nitrogens with one attached hydrogen (secondary N) is 2. The maximum absolute atomic E-state index is 11.5. The lowest BCUT2D eigenvalue weighted by Gasteiger charge is -2.10. The summed E-state index contributed by atoms with van der Waals surface area (Å²) in [6.07, 6.45) is 1.71. The monoisotopic (exact) mass is 376 g/mol. The topological polar surface area (TPSA) is 50.4 Å². The summed E-state index contributed by atoms with van der Waals surface area (Å²) in [7, 11) is 0. The SMILES string of the molecule is CC(C)CCNC(=O)NCCCOc1ccc(Br)cc1Cl. The molecule has 0 saturated heterocycles. The van der Waals surface area contributed by atoms with E-state index in [1.807, 2.05) is 12.1 Å². The number of amides is 2. The molecule has 2 amide bonds. The minimum Gasteiger partial charge on any atom is -0.492 e. The molecule has 1 aromatic carbocycles. The first-order valence-electron chi connectivity index (χ1n) is 7.08. The van der Waals surface area contributed by atoms with Crippen LogP contribution in [0.15, 0.2) is 22.7 Å². The van der Waals surface area contributed by atoms with Gasteiger partial charge in [-0.3, -0.25) is 0 Å². The zero-order chi connectivity index (χ0) is 15.7. The minimum atomic E-state index is -0.127. The van der Waals surface area contributed by atoms with Crippen molar-refractivity contribution in [2.45, 2.75) is 26.7 Å². The van der Waals surface area contributed by atoms with Crippen molar-refractivity contribution in [1.82, 2.24) is 10.6 Å². The normalized spacial score (nSPS) is 10.5. The highest BCUT2D eigenvalue weighted by atomic mass is 79.9. The quantitative estimate of drug-likeness (QED) is 0.667. The van der Waals surface area contributed by atoms with Gasteiger partial charge in [-0.15, -0.1) is 0 Å². The van der Waals surface area contributed by atoms with Gasteiger partial charge in [0.05, 0.1) is 11.6 Å². The Bertz CT molecular complexity index is 455. The van der Waals surface area contributed by atoms with Crippen molar-refractivity contribution in [3.05, 3.63) is 27.7 Å². The van der Waals surface area contributed by atoms with Gasteiger partial charge in [0.25, 0.3) is 0 Å². The molecule has 0 heterocycles. The Balaban J connectivity index is 2.10. The molecular formula is C15H22BrClN2O2. The van der Waals surface area contributed by atoms with Crippen LogP contribution in [0.2, 0.25) is 5.02 Å². The molecule has 0 aromatic heterocycles. The van der Waals surface area contributed by atoms with Crippen LogP contribution in [-0.4, -0.2) is 25.7 Å². The highest BCUT2D eigenvalue weighted by molar-refractivity contribution is 9.10. The molecule has 1 rings (SSSR count). The summed E-state index contributed by atoms with van der Waals surface area (Å²) in [6, 6.07) is 5.36. The number of urea groups is 1. The van der Waals surface area contributed by atoms with Gasteiger partial charge in [-0.25, -0.2) is 4.79 Å². The summed E-state index contributed by atoms with van der Waals surface area (Å²) in [5.41, 5.74) is 0. The third-order valence-corrected chi connectivity index (χ3v) is 3.55. The van der Waals surface area contributed by atoms with E-state index in [1.54, 1.807) is 6.07 Å². The number of hydrogen-bond acceptors (Lipinski definition) is 2. The number of ether oxygens (including phenoxy) is 1. The predicted octanol–water partition coefficient (Wildman–Crippen LogP) is 4.22. The molecule has 0 bridgehead atoms. The molecule has 0 radical (unpaired) electrons. The number of carbonyl (C=O) groups excluding carboxylic acids is 1. The Morgan fingerprint density at radius 1 is 1.33 bits per heavy atom. The van der Waals surface area contributed by atoms with Crippen molar-refractivity contribution < 1.29 is 9.53 Å². The van der Waals surface area contributed by atoms with Crippen LogP contribution in [0, 0.1) is 5.92 Å². The zero-order valence-corrected chi connectivity index (χ0v) is 14.8. The number of benzene rings is 1. The number of hydrogen-bond donors (Lipinski definition) is 2. The molecule has 1 aromatic rings. The summed E-state index contributed by atoms with van der Waals surface area (Å²) in [5, 5.41) is 6.19. The van der Waals surface area contributed by atoms with Crippen LogP contribution in [0.4, 0.5) is 4.79 Å². The number of halogens is 2. The van der Waals surface area contributed by atoms with Gasteiger partial charge < -0.3 is 15.4 Å². The van der Waals surface area contributed by atoms with Crippen molar-refractivity contribution in [2.24, 2.45) is 5.92 Å². The van der Waals surface area contributed by atoms with Crippen LogP contribution in [0.1, 0.15) is 26.7 Å². The first-order chi connectivity index (χ1) is 9.99. The first-order valence-corrected chi connectivity index (χ1v) is 8.25. The molecule has 21 heavy (non-hydrogen) atoms. The molecule has 0 aliphatic heterocycles. The fraction of sp³-hybridized carbons (Fsp3) is 0.533. The molecule has 0 aliphatic carbocycles. The molecule has 0 aliphatic rings. The highest BCUT2D eigenvalue weighted by Gasteiger charge is 2.03. The molecule has 4 nitrogen and oxygen atoms in total. The van der Waals surface area contributed by atoms with Crippen LogP contribution < -0.4 is 15.4 Å². The molecule has 0 spiro atoms. The van der Waals surface area contributed by atoms with Crippen LogP contribution in [0.25, 0.3) is 0 Å². The van der Waals surface area contributed by atoms with Crippen LogP contribution in [0.5, 0.6) is 5.75 Å². The van der Waals surface area contributed by atoms with Crippen LogP contribution in [0.3, 0.4) is 0 Å². The smallest absolute Gasteiger partial charge is 0.314 e. The Kier molecular flexibility index (Phi) is 8.54. The summed E-state index contributed by atoms with van der Waals surface area (Å²) in [6.45, 7) is 6.04. The molecule has 6 heteroatoms. The average molecular weight is 378 g/mol. The van der Waals surface area contributed by atoms with Crippen LogP contribution in [-0.2, 0) is 0 Å². The van der Waals surface area contributed by atoms with Gasteiger partial charge in [0, 0.05) is 17.6 Å². The second-order valence-corrected chi connectivity index (χ2v) is 6.46. The van der Waals surface area contributed by atoms with Crippen molar-refractivity contribution in [3.63, 3.8) is 0 Å². The zero-order valence-electron chi connectivity index (χ0n) is 12.4. The van der Waals surface area contributed by atoms with Crippen molar-refractivity contribution in [1.29, 1.82) is 0 Å². The Morgan fingerprint density at radius 2 is 2.05 bits per heavy atom. The van der Waals surface area contributed by atoms with E-state index in [0.717, 1.165) is 17.3 Å². The lowest BCUT2D eigenvalue weighted by atomic mass is 10.1. The second kappa shape index (κ2) is 9.90. The molecule has 0 atom stereocenters. The van der Waals surface area contributed by atoms with E-state index in [-0.39, 0.29) is 6.03 Å². The van der Waals surface area contributed by atoms with Gasteiger partial charge in [-0.2, -0.15) is 0 Å². The lowest BCUT2D eigenvalue weighted by molar-refractivity contribution is 0.238. The Labute approximate surface area is 139 Å². The molecule has 0 fully saturated rings. The van der Waals surface area contributed by atoms with Crippen LogP contribution >= 0.6 is 27.5 Å². The van der Waals surface area contributed by atoms with Gasteiger partial charge in [-0.05, 0) is 37.0 Å². The van der Waals surface area contributed by atoms with Gasteiger partial charge in [0.1, 0.15) is 5.75 Å². The van der Waals surface area contributed by atoms with E-state index < -0.39 is 0 Å². The fourth-order valence-corrected chi connectivity index (χ4v) is 2.31. The second-order valence-electron chi connectivity index (χ2n) is 5.14. The van der Waals surface area contributed by atoms with Gasteiger partial charge in [0.2, 0.25) is 0 Å². The summed E-state index contributed by atoms with van der Waals surface area (Å²) < 4.78 is 6.48. The van der Waals surface area contributed by atoms with Gasteiger partial charge >= 0.3 is 6.03 Å². The number of rotatable bonds is 8. The van der Waals surface area contributed by atoms with Crippen molar-refractivity contribution in [2.75, 3.05) is 19.7 Å². The van der Waals surface area contributed by atoms with E-state index in [4.69, 9.17) is 16.3 Å². The van der Waals surface area contributed by atoms with E-state index in [1.165, 1.54) is 0 Å². The third-order valence-electron chi connectivity index (χ3n) is 2.77. The van der Waals surface area contributed by atoms with E-state index in [9.17, 15) is 4.79 Å². The van der Waals surface area contributed by atoms with Gasteiger partial charge in [-0.1, -0.05) is 41.4 Å².